The van der Waals surface area contributed by atoms with Crippen LogP contribution in [0, 0.1) is 17.8 Å². The number of fused-ring (bicyclic) bond motifs is 2. The summed E-state index contributed by atoms with van der Waals surface area (Å²) in [5, 5.41) is 0. The Balaban J connectivity index is 2.66. The molecular formula is C24H32O6S. The van der Waals surface area contributed by atoms with Crippen LogP contribution in [-0.2, 0) is 25.5 Å². The van der Waals surface area contributed by atoms with Crippen LogP contribution in [0.2, 0.25) is 0 Å². The molecule has 2 rings (SSSR count). The molecule has 0 aromatic carbocycles. The van der Waals surface area contributed by atoms with Crippen LogP contribution in [0.25, 0.3) is 0 Å². The second-order valence-electron chi connectivity index (χ2n) is 9.14. The van der Waals surface area contributed by atoms with Crippen molar-refractivity contribution in [2.45, 2.75) is 71.5 Å². The molecule has 2 bridgehead atoms. The van der Waals surface area contributed by atoms with Gasteiger partial charge in [-0.15, -0.1) is 5.92 Å². The van der Waals surface area contributed by atoms with E-state index in [0.29, 0.717) is 41.9 Å². The minimum atomic E-state index is -3.79. The summed E-state index contributed by atoms with van der Waals surface area (Å²) >= 11 is 0. The predicted molar refractivity (Wildman–Crippen MR) is 120 cm³/mol. The number of rotatable bonds is 5. The van der Waals surface area contributed by atoms with Crippen molar-refractivity contribution < 1.29 is 26.5 Å². The predicted octanol–water partition coefficient (Wildman–Crippen LogP) is 4.77. The minimum Gasteiger partial charge on any atom is -0.464 e. The summed E-state index contributed by atoms with van der Waals surface area (Å²) in [5.74, 6) is 5.69. The van der Waals surface area contributed by atoms with Crippen LogP contribution in [-0.4, -0.2) is 32.3 Å². The molecule has 0 saturated carbocycles. The lowest BCUT2D eigenvalue weighted by atomic mass is 9.89. The minimum absolute atomic E-state index is 0.0464. The van der Waals surface area contributed by atoms with Crippen LogP contribution in [0.3, 0.4) is 0 Å². The van der Waals surface area contributed by atoms with Gasteiger partial charge >= 0.3 is 5.97 Å². The van der Waals surface area contributed by atoms with E-state index in [9.17, 15) is 13.2 Å². The smallest absolute Gasteiger partial charge is 0.342 e. The molecule has 7 heteroatoms. The van der Waals surface area contributed by atoms with E-state index in [1.54, 1.807) is 33.8 Å². The zero-order chi connectivity index (χ0) is 23.6. The number of carbonyl (C=O) groups excluding carboxylic acids is 1. The van der Waals surface area contributed by atoms with Gasteiger partial charge in [0.2, 0.25) is 0 Å². The van der Waals surface area contributed by atoms with Gasteiger partial charge in [0, 0.05) is 12.8 Å². The van der Waals surface area contributed by atoms with Crippen molar-refractivity contribution in [2.24, 2.45) is 5.92 Å². The summed E-state index contributed by atoms with van der Waals surface area (Å²) in [6.07, 6.45) is 1.64. The van der Waals surface area contributed by atoms with Crippen LogP contribution >= 0.6 is 0 Å². The molecule has 0 N–H and O–H groups in total. The highest BCUT2D eigenvalue weighted by Crippen LogP contribution is 2.35. The molecule has 0 aliphatic carbocycles. The number of furan rings is 1. The molecule has 3 atom stereocenters. The lowest BCUT2D eigenvalue weighted by Crippen LogP contribution is -2.25. The van der Waals surface area contributed by atoms with E-state index < -0.39 is 33.7 Å². The van der Waals surface area contributed by atoms with E-state index in [-0.39, 0.29) is 5.92 Å². The highest BCUT2D eigenvalue weighted by atomic mass is 32.2. The van der Waals surface area contributed by atoms with E-state index in [2.05, 4.69) is 25.0 Å². The number of ether oxygens (including phenoxy) is 1. The van der Waals surface area contributed by atoms with Crippen molar-refractivity contribution in [3.63, 3.8) is 0 Å². The lowest BCUT2D eigenvalue weighted by molar-refractivity contribution is 0.00669. The largest absolute Gasteiger partial charge is 0.464 e. The van der Waals surface area contributed by atoms with E-state index in [4.69, 9.17) is 13.3 Å². The van der Waals surface area contributed by atoms with Gasteiger partial charge in [-0.3, -0.25) is 4.18 Å². The average Bonchev–Trinajstić information content (AvgIpc) is 2.95. The van der Waals surface area contributed by atoms with Crippen LogP contribution in [0.1, 0.15) is 75.3 Å². The zero-order valence-corrected chi connectivity index (χ0v) is 20.0. The summed E-state index contributed by atoms with van der Waals surface area (Å²) < 4.78 is 40.8. The Morgan fingerprint density at radius 2 is 1.87 bits per heavy atom. The Kier molecular flexibility index (Phi) is 7.61. The third kappa shape index (κ3) is 7.12. The quantitative estimate of drug-likeness (QED) is 0.279. The van der Waals surface area contributed by atoms with E-state index in [0.717, 1.165) is 11.8 Å². The number of carbonyl (C=O) groups is 1. The van der Waals surface area contributed by atoms with Gasteiger partial charge in [-0.2, -0.15) is 8.42 Å². The average molecular weight is 449 g/mol. The van der Waals surface area contributed by atoms with E-state index >= 15 is 0 Å². The monoisotopic (exact) mass is 448 g/mol. The molecule has 0 saturated heterocycles. The van der Waals surface area contributed by atoms with Crippen LogP contribution in [0.15, 0.2) is 34.8 Å². The Labute approximate surface area is 185 Å². The summed E-state index contributed by atoms with van der Waals surface area (Å²) in [6, 6.07) is 1.60. The molecule has 2 heterocycles. The van der Waals surface area contributed by atoms with Crippen LogP contribution in [0.5, 0.6) is 0 Å². The van der Waals surface area contributed by atoms with Crippen molar-refractivity contribution in [3.8, 4) is 11.8 Å². The summed E-state index contributed by atoms with van der Waals surface area (Å²) in [6.45, 7) is 17.1. The molecule has 6 nitrogen and oxygen atoms in total. The molecule has 0 radical (unpaired) electrons. The van der Waals surface area contributed by atoms with Crippen molar-refractivity contribution in [1.82, 2.24) is 0 Å². The number of hydrogen-bond acceptors (Lipinski definition) is 6. The standard InChI is InChI=1S/C24H32O6S/c1-15(2)17-11-9-10-12-19(30-31(8,26)27)22(16(3)4)21-14-18(20(13-17)28-21)23(25)29-24(5,6)7/h14,17,19,22H,1,3,9,11,13H2,2,4-8H3/t17-,19+,22+/m1/s1. The van der Waals surface area contributed by atoms with Gasteiger partial charge in [0.05, 0.1) is 12.2 Å². The van der Waals surface area contributed by atoms with Gasteiger partial charge in [0.25, 0.3) is 10.1 Å². The van der Waals surface area contributed by atoms with Crippen molar-refractivity contribution in [2.75, 3.05) is 6.26 Å². The topological polar surface area (TPSA) is 82.8 Å². The van der Waals surface area contributed by atoms with Crippen LogP contribution in [0.4, 0.5) is 0 Å². The first-order valence-electron chi connectivity index (χ1n) is 10.2. The number of hydrogen-bond donors (Lipinski definition) is 0. The first-order chi connectivity index (χ1) is 14.2. The lowest BCUT2D eigenvalue weighted by Gasteiger charge is -2.21. The third-order valence-corrected chi connectivity index (χ3v) is 5.41. The Bertz CT molecular complexity index is 1030. The van der Waals surface area contributed by atoms with Crippen molar-refractivity contribution >= 4 is 16.1 Å². The Morgan fingerprint density at radius 3 is 2.39 bits per heavy atom. The van der Waals surface area contributed by atoms with Crippen LogP contribution < -0.4 is 0 Å². The first kappa shape index (κ1) is 25.0. The molecule has 0 unspecified atom stereocenters. The maximum absolute atomic E-state index is 12.9. The molecule has 1 aliphatic heterocycles. The summed E-state index contributed by atoms with van der Waals surface area (Å²) in [5.41, 5.74) is 1.20. The highest BCUT2D eigenvalue weighted by Gasteiger charge is 2.34. The van der Waals surface area contributed by atoms with Crippen molar-refractivity contribution in [1.29, 1.82) is 0 Å². The molecule has 0 fully saturated rings. The van der Waals surface area contributed by atoms with Crippen molar-refractivity contribution in [3.05, 3.63) is 47.5 Å². The second-order valence-corrected chi connectivity index (χ2v) is 10.7. The fourth-order valence-corrected chi connectivity index (χ4v) is 3.96. The number of esters is 1. The van der Waals surface area contributed by atoms with Gasteiger partial charge in [-0.25, -0.2) is 4.79 Å². The summed E-state index contributed by atoms with van der Waals surface area (Å²) in [7, 11) is -3.79. The van der Waals surface area contributed by atoms with Gasteiger partial charge in [0.1, 0.15) is 22.7 Å². The van der Waals surface area contributed by atoms with E-state index in [1.807, 2.05) is 6.92 Å². The fraction of sp³-hybridized carbons (Fsp3) is 0.542. The zero-order valence-electron chi connectivity index (χ0n) is 19.2. The number of allylic oxidation sites excluding steroid dienone is 1. The maximum Gasteiger partial charge on any atom is 0.342 e. The molecule has 170 valence electrons. The third-order valence-electron chi connectivity index (χ3n) is 4.86. The molecule has 0 amide bonds. The van der Waals surface area contributed by atoms with Gasteiger partial charge < -0.3 is 9.15 Å². The molecule has 1 aromatic heterocycles. The Hall–Kier alpha value is -2.30. The van der Waals surface area contributed by atoms with E-state index in [1.165, 1.54) is 0 Å². The fourth-order valence-electron chi connectivity index (χ4n) is 3.43. The highest BCUT2D eigenvalue weighted by molar-refractivity contribution is 7.86. The second kappa shape index (κ2) is 9.46. The molecular weight excluding hydrogens is 416 g/mol. The molecule has 1 aromatic rings. The molecule has 1 aliphatic rings. The molecule has 31 heavy (non-hydrogen) atoms. The SMILES string of the molecule is C=C(C)[C@@H]1CCC#C[C@H](OS(C)(=O)=O)[C@H](C(=C)C)c2cc(C(=O)OC(C)(C)C)c(o2)C1. The maximum atomic E-state index is 12.9. The van der Waals surface area contributed by atoms with Gasteiger partial charge in [-0.1, -0.05) is 30.2 Å². The Morgan fingerprint density at radius 1 is 1.23 bits per heavy atom. The summed E-state index contributed by atoms with van der Waals surface area (Å²) in [4.78, 5) is 12.9. The van der Waals surface area contributed by atoms with Gasteiger partial charge in [0.15, 0.2) is 6.10 Å². The normalized spacial score (nSPS) is 21.9. The van der Waals surface area contributed by atoms with Gasteiger partial charge in [-0.05, 0) is 53.0 Å². The molecule has 0 spiro atoms. The first-order valence-corrected chi connectivity index (χ1v) is 12.0.